The topological polar surface area (TPSA) is 34.1 Å². The van der Waals surface area contributed by atoms with Gasteiger partial charge in [-0.05, 0) is 32.6 Å². The highest BCUT2D eigenvalue weighted by Crippen LogP contribution is 2.06. The van der Waals surface area contributed by atoms with Gasteiger partial charge in [-0.3, -0.25) is 0 Å². The Bertz CT molecular complexity index is 235. The van der Waals surface area contributed by atoms with Crippen LogP contribution in [0.3, 0.4) is 0 Å². The Hall–Kier alpha value is -1.14. The van der Waals surface area contributed by atoms with Crippen LogP contribution in [0.25, 0.3) is 0 Å². The first-order valence-electron chi connectivity index (χ1n) is 5.03. The van der Waals surface area contributed by atoms with Gasteiger partial charge >= 0.3 is 0 Å². The van der Waals surface area contributed by atoms with Gasteiger partial charge in [-0.1, -0.05) is 19.1 Å². The van der Waals surface area contributed by atoms with Crippen molar-refractivity contribution in [2.24, 2.45) is 5.92 Å². The zero-order valence-corrected chi connectivity index (χ0v) is 8.95. The number of hydrogen-bond acceptors (Lipinski definition) is 2. The van der Waals surface area contributed by atoms with Gasteiger partial charge in [-0.2, -0.15) is 0 Å². The average Bonchev–Trinajstić information content (AvgIpc) is 2.22. The van der Waals surface area contributed by atoms with E-state index < -0.39 is 0 Å². The molecule has 0 saturated heterocycles. The fourth-order valence-corrected chi connectivity index (χ4v) is 1.06. The maximum absolute atomic E-state index is 10.3. The van der Waals surface area contributed by atoms with E-state index in [0.29, 0.717) is 0 Å². The standard InChI is InChI=1S/C12H18O2/c1-11(9-13)7-5-3-4-6-8-12(2)10-14/h5,7,9,11H,3-4,6,8H2,1-2H3/b7-5+. The zero-order valence-electron chi connectivity index (χ0n) is 8.95. The second-order valence-electron chi connectivity index (χ2n) is 3.55. The van der Waals surface area contributed by atoms with Gasteiger partial charge < -0.3 is 4.79 Å². The lowest BCUT2D eigenvalue weighted by atomic mass is 10.1. The maximum Gasteiger partial charge on any atom is 0.126 e. The van der Waals surface area contributed by atoms with Gasteiger partial charge in [0.15, 0.2) is 0 Å². The summed E-state index contributed by atoms with van der Waals surface area (Å²) in [5, 5.41) is 0. The molecule has 0 aromatic heterocycles. The molecule has 2 nitrogen and oxygen atoms in total. The van der Waals surface area contributed by atoms with Crippen molar-refractivity contribution in [3.8, 4) is 0 Å². The lowest BCUT2D eigenvalue weighted by molar-refractivity contribution is -0.109. The molecule has 14 heavy (non-hydrogen) atoms. The molecule has 0 aliphatic heterocycles. The number of aldehydes is 1. The van der Waals surface area contributed by atoms with Crippen molar-refractivity contribution in [1.29, 1.82) is 0 Å². The summed E-state index contributed by atoms with van der Waals surface area (Å²) < 4.78 is 0. The number of allylic oxidation sites excluding steroid dienone is 3. The first-order valence-corrected chi connectivity index (χ1v) is 5.03. The van der Waals surface area contributed by atoms with Crippen LogP contribution in [0.1, 0.15) is 39.5 Å². The van der Waals surface area contributed by atoms with Gasteiger partial charge in [-0.15, -0.1) is 0 Å². The van der Waals surface area contributed by atoms with Crippen LogP contribution in [0.4, 0.5) is 0 Å². The van der Waals surface area contributed by atoms with Crippen LogP contribution in [0.15, 0.2) is 17.7 Å². The molecule has 0 N–H and O–H groups in total. The highest BCUT2D eigenvalue weighted by atomic mass is 16.1. The predicted molar refractivity (Wildman–Crippen MR) is 57.7 cm³/mol. The summed E-state index contributed by atoms with van der Waals surface area (Å²) >= 11 is 0. The van der Waals surface area contributed by atoms with Gasteiger partial charge in [-0.25, -0.2) is 4.79 Å². The summed E-state index contributed by atoms with van der Waals surface area (Å²) in [6, 6.07) is 0. The third kappa shape index (κ3) is 7.51. The van der Waals surface area contributed by atoms with Gasteiger partial charge in [0.25, 0.3) is 0 Å². The van der Waals surface area contributed by atoms with Crippen LogP contribution in [0.5, 0.6) is 0 Å². The van der Waals surface area contributed by atoms with Crippen LogP contribution >= 0.6 is 0 Å². The molecule has 0 aromatic rings. The Morgan fingerprint density at radius 2 is 2.14 bits per heavy atom. The summed E-state index contributed by atoms with van der Waals surface area (Å²) in [7, 11) is 0. The molecular formula is C12H18O2. The summed E-state index contributed by atoms with van der Waals surface area (Å²) in [6.45, 7) is 3.67. The average molecular weight is 194 g/mol. The minimum absolute atomic E-state index is 0.0200. The zero-order chi connectivity index (χ0) is 10.8. The van der Waals surface area contributed by atoms with Crippen molar-refractivity contribution < 1.29 is 9.59 Å². The van der Waals surface area contributed by atoms with Crippen LogP contribution in [0, 0.1) is 5.92 Å². The molecule has 0 heterocycles. The fourth-order valence-electron chi connectivity index (χ4n) is 1.06. The van der Waals surface area contributed by atoms with Crippen LogP contribution in [-0.4, -0.2) is 12.2 Å². The molecule has 0 bridgehead atoms. The second-order valence-corrected chi connectivity index (χ2v) is 3.55. The van der Waals surface area contributed by atoms with Crippen LogP contribution < -0.4 is 0 Å². The molecule has 1 atom stereocenters. The quantitative estimate of drug-likeness (QED) is 0.270. The van der Waals surface area contributed by atoms with E-state index in [1.54, 1.807) is 6.92 Å². The molecule has 2 heteroatoms. The predicted octanol–water partition coefficient (Wildman–Crippen LogP) is 2.72. The largest absolute Gasteiger partial charge is 0.303 e. The van der Waals surface area contributed by atoms with Crippen molar-refractivity contribution in [3.05, 3.63) is 17.7 Å². The molecule has 0 rings (SSSR count). The Balaban J connectivity index is 3.42. The SMILES string of the molecule is CC(=C=O)CCCC/C=C/C(C)C=O. The van der Waals surface area contributed by atoms with E-state index in [4.69, 9.17) is 0 Å². The van der Waals surface area contributed by atoms with Crippen molar-refractivity contribution in [3.63, 3.8) is 0 Å². The maximum atomic E-state index is 10.3. The summed E-state index contributed by atoms with van der Waals surface area (Å²) in [4.78, 5) is 20.4. The monoisotopic (exact) mass is 194 g/mol. The van der Waals surface area contributed by atoms with E-state index in [9.17, 15) is 9.59 Å². The number of unbranched alkanes of at least 4 members (excludes halogenated alkanes) is 2. The normalized spacial score (nSPS) is 12.4. The lowest BCUT2D eigenvalue weighted by Crippen LogP contribution is -1.88. The highest BCUT2D eigenvalue weighted by Gasteiger charge is 1.92. The Labute approximate surface area is 85.7 Å². The molecule has 0 amide bonds. The van der Waals surface area contributed by atoms with E-state index >= 15 is 0 Å². The van der Waals surface area contributed by atoms with Crippen molar-refractivity contribution in [1.82, 2.24) is 0 Å². The van der Waals surface area contributed by atoms with Gasteiger partial charge in [0, 0.05) is 11.5 Å². The summed E-state index contributed by atoms with van der Waals surface area (Å²) in [6.07, 6.45) is 8.75. The molecule has 0 radical (unpaired) electrons. The minimum Gasteiger partial charge on any atom is -0.303 e. The molecular weight excluding hydrogens is 176 g/mol. The van der Waals surface area contributed by atoms with E-state index in [0.717, 1.165) is 37.5 Å². The molecule has 0 saturated carbocycles. The Kier molecular flexibility index (Phi) is 7.77. The third-order valence-electron chi connectivity index (χ3n) is 2.00. The molecule has 78 valence electrons. The molecule has 1 unspecified atom stereocenters. The van der Waals surface area contributed by atoms with Crippen molar-refractivity contribution in [2.45, 2.75) is 39.5 Å². The van der Waals surface area contributed by atoms with E-state index in [2.05, 4.69) is 0 Å². The van der Waals surface area contributed by atoms with E-state index in [1.807, 2.05) is 25.0 Å². The lowest BCUT2D eigenvalue weighted by Gasteiger charge is -1.96. The number of rotatable bonds is 7. The molecule has 0 aliphatic rings. The number of carbonyl (C=O) groups is 1. The molecule has 0 spiro atoms. The van der Waals surface area contributed by atoms with E-state index in [1.165, 1.54) is 0 Å². The van der Waals surface area contributed by atoms with Gasteiger partial charge in [0.2, 0.25) is 0 Å². The summed E-state index contributed by atoms with van der Waals surface area (Å²) in [5.41, 5.74) is 0.787. The molecule has 0 aliphatic carbocycles. The first-order chi connectivity index (χ1) is 6.70. The minimum atomic E-state index is 0.0200. The van der Waals surface area contributed by atoms with Gasteiger partial charge in [0.1, 0.15) is 12.2 Å². The highest BCUT2D eigenvalue weighted by molar-refractivity contribution is 5.55. The molecule has 0 aromatic carbocycles. The van der Waals surface area contributed by atoms with Gasteiger partial charge in [0.05, 0.1) is 0 Å². The Morgan fingerprint density at radius 3 is 2.71 bits per heavy atom. The smallest absolute Gasteiger partial charge is 0.126 e. The van der Waals surface area contributed by atoms with Crippen LogP contribution in [0.2, 0.25) is 0 Å². The van der Waals surface area contributed by atoms with E-state index in [-0.39, 0.29) is 5.92 Å². The number of carbonyl (C=O) groups excluding carboxylic acids is 2. The second kappa shape index (κ2) is 8.46. The molecule has 0 fully saturated rings. The Morgan fingerprint density at radius 1 is 1.43 bits per heavy atom. The fraction of sp³-hybridized carbons (Fsp3) is 0.583. The van der Waals surface area contributed by atoms with Crippen molar-refractivity contribution in [2.75, 3.05) is 0 Å². The van der Waals surface area contributed by atoms with Crippen LogP contribution in [-0.2, 0) is 9.59 Å². The first kappa shape index (κ1) is 12.9. The number of hydrogen-bond donors (Lipinski definition) is 0. The van der Waals surface area contributed by atoms with Crippen molar-refractivity contribution >= 4 is 12.2 Å². The third-order valence-corrected chi connectivity index (χ3v) is 2.00. The summed E-state index contributed by atoms with van der Waals surface area (Å²) in [5.74, 6) is 1.91.